The molecule has 2 heterocycles. The Kier molecular flexibility index (Phi) is 7.87. The lowest BCUT2D eigenvalue weighted by Gasteiger charge is -2.27. The van der Waals surface area contributed by atoms with Crippen LogP contribution in [0, 0.1) is 0 Å². The van der Waals surface area contributed by atoms with E-state index in [1.807, 2.05) is 0 Å². The molecule has 0 saturated carbocycles. The Morgan fingerprint density at radius 3 is 2.07 bits per heavy atom. The lowest BCUT2D eigenvalue weighted by atomic mass is 9.79. The highest BCUT2D eigenvalue weighted by Crippen LogP contribution is 2.51. The lowest BCUT2D eigenvalue weighted by molar-refractivity contribution is -0.401. The summed E-state index contributed by atoms with van der Waals surface area (Å²) >= 11 is 0. The number of aliphatic hydroxyl groups excluding tert-OH is 1. The molecule has 0 saturated heterocycles. The second-order valence-electron chi connectivity index (χ2n) is 13.1. The van der Waals surface area contributed by atoms with Gasteiger partial charge in [-0.25, -0.2) is 0 Å². The first-order valence-electron chi connectivity index (χ1n) is 15.9. The summed E-state index contributed by atoms with van der Waals surface area (Å²) < 4.78 is 2.35. The molecule has 220 valence electrons. The summed E-state index contributed by atoms with van der Waals surface area (Å²) in [6.45, 7) is 10.7. The fraction of sp³-hybridized carbons (Fsp3) is 0.325. The van der Waals surface area contributed by atoms with Crippen molar-refractivity contribution in [1.82, 2.24) is 0 Å². The summed E-state index contributed by atoms with van der Waals surface area (Å²) in [4.78, 5) is 2.54. The zero-order valence-corrected chi connectivity index (χ0v) is 26.4. The van der Waals surface area contributed by atoms with E-state index < -0.39 is 0 Å². The van der Waals surface area contributed by atoms with E-state index in [-0.39, 0.29) is 17.4 Å². The van der Waals surface area contributed by atoms with Crippen molar-refractivity contribution in [2.45, 2.75) is 64.2 Å². The molecule has 6 rings (SSSR count). The number of anilines is 1. The third kappa shape index (κ3) is 5.04. The van der Waals surface area contributed by atoms with Crippen LogP contribution in [0.4, 0.5) is 11.4 Å². The van der Waals surface area contributed by atoms with Gasteiger partial charge < -0.3 is 10.0 Å². The zero-order chi connectivity index (χ0) is 30.2. The van der Waals surface area contributed by atoms with Crippen LogP contribution in [0.3, 0.4) is 0 Å². The van der Waals surface area contributed by atoms with E-state index in [1.54, 1.807) is 0 Å². The molecule has 43 heavy (non-hydrogen) atoms. The summed E-state index contributed by atoms with van der Waals surface area (Å²) in [6.07, 6.45) is 15.4. The molecule has 0 bridgehead atoms. The quantitative estimate of drug-likeness (QED) is 0.123. The van der Waals surface area contributed by atoms with E-state index in [4.69, 9.17) is 0 Å². The van der Waals surface area contributed by atoms with Crippen LogP contribution < -0.4 is 4.90 Å². The molecule has 0 atom stereocenters. The van der Waals surface area contributed by atoms with Crippen LogP contribution in [0.5, 0.6) is 0 Å². The number of aliphatic hydroxyl groups is 1. The Bertz CT molecular complexity index is 1800. The molecule has 0 amide bonds. The van der Waals surface area contributed by atoms with Gasteiger partial charge in [-0.05, 0) is 72.0 Å². The van der Waals surface area contributed by atoms with Gasteiger partial charge in [0, 0.05) is 47.7 Å². The summed E-state index contributed by atoms with van der Waals surface area (Å²) in [6, 6.07) is 26.6. The third-order valence-corrected chi connectivity index (χ3v) is 9.67. The van der Waals surface area contributed by atoms with E-state index in [0.29, 0.717) is 0 Å². The number of allylic oxidation sites excluding steroid dienone is 6. The third-order valence-electron chi connectivity index (χ3n) is 9.67. The van der Waals surface area contributed by atoms with Gasteiger partial charge in [-0.2, -0.15) is 4.58 Å². The fourth-order valence-electron chi connectivity index (χ4n) is 7.56. The normalized spacial score (nSPS) is 18.2. The Morgan fingerprint density at radius 1 is 0.698 bits per heavy atom. The largest absolute Gasteiger partial charge is 0.396 e. The Labute approximate surface area is 257 Å². The number of unbranched alkanes of at least 4 members (excludes halogenated alkanes) is 3. The van der Waals surface area contributed by atoms with E-state index in [1.165, 1.54) is 55.5 Å². The minimum Gasteiger partial charge on any atom is -0.396 e. The Morgan fingerprint density at radius 2 is 1.35 bits per heavy atom. The van der Waals surface area contributed by atoms with Crippen molar-refractivity contribution in [2.24, 2.45) is 0 Å². The Hall–Kier alpha value is -3.95. The van der Waals surface area contributed by atoms with Crippen molar-refractivity contribution in [3.63, 3.8) is 0 Å². The fourth-order valence-corrected chi connectivity index (χ4v) is 7.56. The number of benzene rings is 4. The summed E-state index contributed by atoms with van der Waals surface area (Å²) in [5.74, 6) is 0. The molecule has 0 spiro atoms. The standard InChI is InChI=1S/C40H45N2O/c1-39(2)35(41(5)33-25-23-29-17-11-13-19-31(29)37(33)39)21-9-8-10-22-36-40(3,4)38-32-20-14-12-18-30(32)24-26-34(38)42(36)27-15-6-7-16-28-43/h8-14,17-26,43H,6-7,15-16,27-28H2,1-5H3/q+1. The maximum absolute atomic E-state index is 9.22. The zero-order valence-electron chi connectivity index (χ0n) is 26.4. The molecule has 4 aromatic carbocycles. The molecule has 0 aromatic heterocycles. The molecule has 0 fully saturated rings. The number of hydrogen-bond acceptors (Lipinski definition) is 2. The second-order valence-corrected chi connectivity index (χ2v) is 13.1. The topological polar surface area (TPSA) is 26.5 Å². The van der Waals surface area contributed by atoms with Gasteiger partial charge in [0.25, 0.3) is 0 Å². The number of nitrogens with zero attached hydrogens (tertiary/aromatic N) is 2. The van der Waals surface area contributed by atoms with Crippen LogP contribution in [-0.2, 0) is 10.8 Å². The lowest BCUT2D eigenvalue weighted by Crippen LogP contribution is -2.27. The monoisotopic (exact) mass is 569 g/mol. The van der Waals surface area contributed by atoms with Crippen LogP contribution in [0.1, 0.15) is 64.5 Å². The molecular formula is C40H45N2O+. The SMILES string of the molecule is C[N+]1=C(C=CC=CC=C2N(CCCCCCO)c3ccc4ccccc4c3C2(C)C)C(C)(C)c2c1ccc1ccccc21. The van der Waals surface area contributed by atoms with Crippen LogP contribution in [0.15, 0.2) is 109 Å². The molecule has 4 aromatic rings. The van der Waals surface area contributed by atoms with Crippen LogP contribution in [-0.4, -0.2) is 35.6 Å². The van der Waals surface area contributed by atoms with Crippen molar-refractivity contribution < 1.29 is 9.68 Å². The van der Waals surface area contributed by atoms with Gasteiger partial charge in [0.2, 0.25) is 5.69 Å². The average molecular weight is 570 g/mol. The van der Waals surface area contributed by atoms with Crippen LogP contribution in [0.25, 0.3) is 21.5 Å². The minimum atomic E-state index is -0.111. The van der Waals surface area contributed by atoms with E-state index >= 15 is 0 Å². The highest BCUT2D eigenvalue weighted by atomic mass is 16.2. The van der Waals surface area contributed by atoms with Crippen LogP contribution in [0.2, 0.25) is 0 Å². The maximum atomic E-state index is 9.22. The molecule has 2 aliphatic heterocycles. The van der Waals surface area contributed by atoms with Crippen molar-refractivity contribution in [2.75, 3.05) is 25.1 Å². The van der Waals surface area contributed by atoms with E-state index in [9.17, 15) is 5.11 Å². The first-order chi connectivity index (χ1) is 20.8. The van der Waals surface area contributed by atoms with Crippen molar-refractivity contribution >= 4 is 38.6 Å². The van der Waals surface area contributed by atoms with Crippen molar-refractivity contribution in [3.05, 3.63) is 120 Å². The minimum absolute atomic E-state index is 0.0866. The molecule has 3 nitrogen and oxygen atoms in total. The molecule has 2 aliphatic rings. The highest BCUT2D eigenvalue weighted by Gasteiger charge is 2.44. The highest BCUT2D eigenvalue weighted by molar-refractivity contribution is 6.07. The summed E-state index contributed by atoms with van der Waals surface area (Å²) in [5, 5.41) is 14.5. The predicted molar refractivity (Wildman–Crippen MR) is 184 cm³/mol. The smallest absolute Gasteiger partial charge is 0.210 e. The first-order valence-corrected chi connectivity index (χ1v) is 15.9. The van der Waals surface area contributed by atoms with Gasteiger partial charge in [-0.3, -0.25) is 0 Å². The molecular weight excluding hydrogens is 524 g/mol. The maximum Gasteiger partial charge on any atom is 0.210 e. The van der Waals surface area contributed by atoms with E-state index in [0.717, 1.165) is 32.2 Å². The number of fused-ring (bicyclic) bond motifs is 6. The Balaban J connectivity index is 1.29. The molecule has 3 heteroatoms. The van der Waals surface area contributed by atoms with Gasteiger partial charge >= 0.3 is 0 Å². The van der Waals surface area contributed by atoms with Crippen LogP contribution >= 0.6 is 0 Å². The van der Waals surface area contributed by atoms with Gasteiger partial charge in [0.05, 0.1) is 5.41 Å². The van der Waals surface area contributed by atoms with Crippen molar-refractivity contribution in [1.29, 1.82) is 0 Å². The first kappa shape index (κ1) is 29.1. The van der Waals surface area contributed by atoms with E-state index in [2.05, 4.69) is 147 Å². The average Bonchev–Trinajstić information content (AvgIpc) is 3.34. The number of hydrogen-bond donors (Lipinski definition) is 1. The molecule has 1 N–H and O–H groups in total. The van der Waals surface area contributed by atoms with Gasteiger partial charge in [0.1, 0.15) is 7.05 Å². The van der Waals surface area contributed by atoms with Gasteiger partial charge in [-0.15, -0.1) is 0 Å². The number of rotatable bonds is 9. The van der Waals surface area contributed by atoms with Gasteiger partial charge in [-0.1, -0.05) is 99.5 Å². The predicted octanol–water partition coefficient (Wildman–Crippen LogP) is 9.35. The second kappa shape index (κ2) is 11.6. The van der Waals surface area contributed by atoms with Crippen molar-refractivity contribution in [3.8, 4) is 0 Å². The van der Waals surface area contributed by atoms with Gasteiger partial charge in [0.15, 0.2) is 5.71 Å². The molecule has 0 radical (unpaired) electrons. The molecule has 0 aliphatic carbocycles. The summed E-state index contributed by atoms with van der Waals surface area (Å²) in [7, 11) is 2.19. The molecule has 0 unspecified atom stereocenters. The summed E-state index contributed by atoms with van der Waals surface area (Å²) in [5.41, 5.74) is 7.91.